The number of likely N-dealkylation sites (tertiary alicyclic amines) is 1. The summed E-state index contributed by atoms with van der Waals surface area (Å²) in [6.45, 7) is 3.39. The molecule has 112 valence electrons. The number of carboxylic acid groups (broad SMARTS) is 1. The number of amides is 2. The van der Waals surface area contributed by atoms with Crippen LogP contribution in [0.5, 0.6) is 0 Å². The van der Waals surface area contributed by atoms with Gasteiger partial charge < -0.3 is 15.3 Å². The van der Waals surface area contributed by atoms with Crippen LogP contribution in [0.4, 0.5) is 4.79 Å². The zero-order valence-electron chi connectivity index (χ0n) is 12.2. The van der Waals surface area contributed by atoms with Crippen LogP contribution in [0.2, 0.25) is 0 Å². The normalized spacial score (nSPS) is 21.5. The highest BCUT2D eigenvalue weighted by molar-refractivity contribution is 5.79. The zero-order chi connectivity index (χ0) is 15.0. The van der Waals surface area contributed by atoms with Crippen molar-refractivity contribution in [2.75, 3.05) is 19.6 Å². The Labute approximate surface area is 120 Å². The number of hydrogen-bond acceptors (Lipinski definition) is 2. The standard InChI is InChI=1S/C15H24N2O3/c1-3-5-6-7-10-16-14(20)17-11-9-15(12-17,8-4-2)13(18)19/h1H,4-12H2,2H3,(H,16,20)(H,18,19). The number of carbonyl (C=O) groups excluding carboxylic acids is 1. The van der Waals surface area contributed by atoms with Gasteiger partial charge in [-0.25, -0.2) is 4.79 Å². The van der Waals surface area contributed by atoms with Crippen LogP contribution < -0.4 is 5.32 Å². The third kappa shape index (κ3) is 4.16. The first-order valence-corrected chi connectivity index (χ1v) is 7.25. The van der Waals surface area contributed by atoms with E-state index >= 15 is 0 Å². The Hall–Kier alpha value is -1.70. The summed E-state index contributed by atoms with van der Waals surface area (Å²) >= 11 is 0. The van der Waals surface area contributed by atoms with Crippen molar-refractivity contribution in [2.24, 2.45) is 5.41 Å². The molecule has 1 aliphatic rings. The maximum Gasteiger partial charge on any atom is 0.317 e. The molecule has 1 rings (SSSR count). The van der Waals surface area contributed by atoms with E-state index in [2.05, 4.69) is 11.2 Å². The van der Waals surface area contributed by atoms with Gasteiger partial charge in [-0.1, -0.05) is 13.3 Å². The highest BCUT2D eigenvalue weighted by Crippen LogP contribution is 2.35. The maximum absolute atomic E-state index is 12.0. The highest BCUT2D eigenvalue weighted by atomic mass is 16.4. The van der Waals surface area contributed by atoms with Crippen LogP contribution in [0.1, 0.15) is 45.4 Å². The van der Waals surface area contributed by atoms with E-state index in [1.54, 1.807) is 4.90 Å². The number of terminal acetylenes is 1. The molecule has 0 saturated carbocycles. The topological polar surface area (TPSA) is 69.6 Å². The second-order valence-corrected chi connectivity index (χ2v) is 5.40. The van der Waals surface area contributed by atoms with Gasteiger partial charge in [0, 0.05) is 26.1 Å². The van der Waals surface area contributed by atoms with Crippen molar-refractivity contribution < 1.29 is 14.7 Å². The molecule has 0 aromatic rings. The lowest BCUT2D eigenvalue weighted by molar-refractivity contribution is -0.148. The molecular formula is C15H24N2O3. The fourth-order valence-corrected chi connectivity index (χ4v) is 2.67. The zero-order valence-corrected chi connectivity index (χ0v) is 12.2. The van der Waals surface area contributed by atoms with Crippen LogP contribution in [-0.2, 0) is 4.79 Å². The van der Waals surface area contributed by atoms with E-state index in [0.29, 0.717) is 32.5 Å². The van der Waals surface area contributed by atoms with E-state index in [1.165, 1.54) is 0 Å². The molecule has 0 bridgehead atoms. The number of carbonyl (C=O) groups is 2. The van der Waals surface area contributed by atoms with Crippen LogP contribution in [-0.4, -0.2) is 41.6 Å². The first-order valence-electron chi connectivity index (χ1n) is 7.25. The fourth-order valence-electron chi connectivity index (χ4n) is 2.67. The van der Waals surface area contributed by atoms with Gasteiger partial charge in [0.2, 0.25) is 0 Å². The first-order chi connectivity index (χ1) is 9.55. The second kappa shape index (κ2) is 7.78. The largest absolute Gasteiger partial charge is 0.481 e. The van der Waals surface area contributed by atoms with Crippen molar-refractivity contribution >= 4 is 12.0 Å². The molecule has 1 unspecified atom stereocenters. The molecule has 1 atom stereocenters. The van der Waals surface area contributed by atoms with E-state index in [9.17, 15) is 14.7 Å². The van der Waals surface area contributed by atoms with Gasteiger partial charge in [-0.3, -0.25) is 4.79 Å². The van der Waals surface area contributed by atoms with Gasteiger partial charge in [-0.05, 0) is 25.7 Å². The Morgan fingerprint density at radius 3 is 2.80 bits per heavy atom. The van der Waals surface area contributed by atoms with Gasteiger partial charge in [0.25, 0.3) is 0 Å². The van der Waals surface area contributed by atoms with Gasteiger partial charge in [0.15, 0.2) is 0 Å². The Kier molecular flexibility index (Phi) is 6.37. The first kappa shape index (κ1) is 16.4. The van der Waals surface area contributed by atoms with Crippen molar-refractivity contribution in [1.82, 2.24) is 10.2 Å². The van der Waals surface area contributed by atoms with E-state index < -0.39 is 11.4 Å². The molecular weight excluding hydrogens is 256 g/mol. The molecule has 1 aliphatic heterocycles. The average molecular weight is 280 g/mol. The van der Waals surface area contributed by atoms with E-state index in [1.807, 2.05) is 6.92 Å². The Bertz CT molecular complexity index is 389. The third-order valence-corrected chi connectivity index (χ3v) is 3.85. The summed E-state index contributed by atoms with van der Waals surface area (Å²) in [4.78, 5) is 25.0. The summed E-state index contributed by atoms with van der Waals surface area (Å²) in [7, 11) is 0. The molecule has 0 aliphatic carbocycles. The van der Waals surface area contributed by atoms with Crippen molar-refractivity contribution in [2.45, 2.75) is 45.4 Å². The minimum atomic E-state index is -0.788. The number of urea groups is 1. The summed E-state index contributed by atoms with van der Waals surface area (Å²) in [6, 6.07) is -0.162. The molecule has 0 spiro atoms. The van der Waals surface area contributed by atoms with Gasteiger partial charge in [0.05, 0.1) is 5.41 Å². The number of carboxylic acids is 1. The average Bonchev–Trinajstić information content (AvgIpc) is 2.84. The fraction of sp³-hybridized carbons (Fsp3) is 0.733. The van der Waals surface area contributed by atoms with E-state index in [-0.39, 0.29) is 6.03 Å². The summed E-state index contributed by atoms with van der Waals surface area (Å²) < 4.78 is 0. The quantitative estimate of drug-likeness (QED) is 0.554. The summed E-state index contributed by atoms with van der Waals surface area (Å²) in [6.07, 6.45) is 9.60. The van der Waals surface area contributed by atoms with Crippen molar-refractivity contribution in [3.8, 4) is 12.3 Å². The lowest BCUT2D eigenvalue weighted by Crippen LogP contribution is -2.42. The summed E-state index contributed by atoms with van der Waals surface area (Å²) in [5.41, 5.74) is -0.754. The number of unbranched alkanes of at least 4 members (excludes halogenated alkanes) is 2. The minimum Gasteiger partial charge on any atom is -0.481 e. The summed E-state index contributed by atoms with van der Waals surface area (Å²) in [5, 5.41) is 12.2. The van der Waals surface area contributed by atoms with Crippen molar-refractivity contribution in [3.05, 3.63) is 0 Å². The van der Waals surface area contributed by atoms with Crippen LogP contribution >= 0.6 is 0 Å². The molecule has 1 fully saturated rings. The molecule has 2 amide bonds. The van der Waals surface area contributed by atoms with E-state index in [0.717, 1.165) is 25.7 Å². The predicted molar refractivity (Wildman–Crippen MR) is 77.2 cm³/mol. The molecule has 5 nitrogen and oxygen atoms in total. The molecule has 20 heavy (non-hydrogen) atoms. The van der Waals surface area contributed by atoms with Crippen molar-refractivity contribution in [1.29, 1.82) is 0 Å². The Morgan fingerprint density at radius 1 is 1.45 bits per heavy atom. The molecule has 5 heteroatoms. The molecule has 0 aromatic heterocycles. The smallest absolute Gasteiger partial charge is 0.317 e. The Morgan fingerprint density at radius 2 is 2.20 bits per heavy atom. The van der Waals surface area contributed by atoms with Gasteiger partial charge in [0.1, 0.15) is 0 Å². The van der Waals surface area contributed by atoms with Gasteiger partial charge in [-0.15, -0.1) is 12.3 Å². The lowest BCUT2D eigenvalue weighted by atomic mass is 9.83. The van der Waals surface area contributed by atoms with Gasteiger partial charge in [-0.2, -0.15) is 0 Å². The molecule has 2 N–H and O–H groups in total. The number of aliphatic carboxylic acids is 1. The SMILES string of the molecule is C#CCCCCNC(=O)N1CCC(CCC)(C(=O)O)C1. The Balaban J connectivity index is 2.40. The highest BCUT2D eigenvalue weighted by Gasteiger charge is 2.45. The third-order valence-electron chi connectivity index (χ3n) is 3.85. The second-order valence-electron chi connectivity index (χ2n) is 5.40. The maximum atomic E-state index is 12.0. The molecule has 0 radical (unpaired) electrons. The minimum absolute atomic E-state index is 0.162. The summed E-state index contributed by atoms with van der Waals surface area (Å²) in [5.74, 6) is 1.77. The number of hydrogen-bond donors (Lipinski definition) is 2. The molecule has 1 heterocycles. The van der Waals surface area contributed by atoms with E-state index in [4.69, 9.17) is 6.42 Å². The lowest BCUT2D eigenvalue weighted by Gasteiger charge is -2.24. The number of nitrogens with zero attached hydrogens (tertiary/aromatic N) is 1. The van der Waals surface area contributed by atoms with Crippen LogP contribution in [0.25, 0.3) is 0 Å². The van der Waals surface area contributed by atoms with Gasteiger partial charge >= 0.3 is 12.0 Å². The monoisotopic (exact) mass is 280 g/mol. The number of nitrogens with one attached hydrogen (secondary N) is 1. The predicted octanol–water partition coefficient (Wildman–Crippen LogP) is 2.08. The van der Waals surface area contributed by atoms with Crippen LogP contribution in [0, 0.1) is 17.8 Å². The molecule has 0 aromatic carbocycles. The number of rotatable bonds is 7. The van der Waals surface area contributed by atoms with Crippen LogP contribution in [0.15, 0.2) is 0 Å². The van der Waals surface area contributed by atoms with Crippen LogP contribution in [0.3, 0.4) is 0 Å². The van der Waals surface area contributed by atoms with Crippen molar-refractivity contribution in [3.63, 3.8) is 0 Å². The molecule has 1 saturated heterocycles.